The molecule has 1 atom stereocenters. The van der Waals surface area contributed by atoms with Crippen LogP contribution in [0.5, 0.6) is 0 Å². The number of carbonyl (C=O) groups excluding carboxylic acids is 1. The van der Waals surface area contributed by atoms with Crippen LogP contribution in [0.25, 0.3) is 21.8 Å². The maximum atomic E-state index is 12.8. The number of piperazine rings is 1. The van der Waals surface area contributed by atoms with Crippen molar-refractivity contribution in [2.24, 2.45) is 0 Å². The van der Waals surface area contributed by atoms with Crippen LogP contribution in [0.15, 0.2) is 97.3 Å². The van der Waals surface area contributed by atoms with E-state index in [1.165, 1.54) is 11.1 Å². The van der Waals surface area contributed by atoms with Crippen molar-refractivity contribution in [1.29, 1.82) is 0 Å². The first-order valence-corrected chi connectivity index (χ1v) is 14.3. The minimum Gasteiger partial charge on any atom is -0.370 e. The van der Waals surface area contributed by atoms with Crippen molar-refractivity contribution >= 4 is 45.0 Å². The fourth-order valence-electron chi connectivity index (χ4n) is 5.56. The fraction of sp³-hybridized carbons (Fsp3) is 0.242. The summed E-state index contributed by atoms with van der Waals surface area (Å²) < 4.78 is 5.79. The number of hydrogen-bond donors (Lipinski definition) is 1. The molecule has 0 saturated carbocycles. The highest BCUT2D eigenvalue weighted by molar-refractivity contribution is 6.30. The van der Waals surface area contributed by atoms with Crippen LogP contribution in [0, 0.1) is 0 Å². The largest absolute Gasteiger partial charge is 0.370 e. The molecule has 0 bridgehead atoms. The van der Waals surface area contributed by atoms with E-state index >= 15 is 0 Å². The van der Waals surface area contributed by atoms with Crippen LogP contribution in [0.3, 0.4) is 0 Å². The molecule has 3 heterocycles. The van der Waals surface area contributed by atoms with Crippen molar-refractivity contribution in [2.45, 2.75) is 6.04 Å². The summed E-state index contributed by atoms with van der Waals surface area (Å²) in [7, 11) is 0. The molecule has 3 aromatic carbocycles. The summed E-state index contributed by atoms with van der Waals surface area (Å²) in [6, 6.07) is 28.6. The Balaban J connectivity index is 1.01. The zero-order valence-corrected chi connectivity index (χ0v) is 23.5. The van der Waals surface area contributed by atoms with E-state index in [1.54, 1.807) is 12.4 Å². The number of aromatic nitrogens is 2. The molecule has 1 fully saturated rings. The van der Waals surface area contributed by atoms with Gasteiger partial charge in [0.25, 0.3) is 0 Å². The third-order valence-corrected chi connectivity index (χ3v) is 7.85. The lowest BCUT2D eigenvalue weighted by molar-refractivity contribution is -0.120. The molecule has 1 aliphatic rings. The molecule has 0 radical (unpaired) electrons. The average molecular weight is 566 g/mol. The lowest BCUT2D eigenvalue weighted by Gasteiger charge is -2.39. The van der Waals surface area contributed by atoms with Gasteiger partial charge in [-0.1, -0.05) is 60.1 Å². The monoisotopic (exact) mass is 565 g/mol. The van der Waals surface area contributed by atoms with Gasteiger partial charge in [-0.2, -0.15) is 0 Å². The number of halogens is 1. The molecular formula is C33H32ClN5O2. The molecule has 2 aromatic heterocycles. The van der Waals surface area contributed by atoms with Crippen LogP contribution in [0.2, 0.25) is 5.02 Å². The van der Waals surface area contributed by atoms with Crippen LogP contribution in [0.1, 0.15) is 17.2 Å². The Bertz CT molecular complexity index is 1620. The predicted molar refractivity (Wildman–Crippen MR) is 164 cm³/mol. The van der Waals surface area contributed by atoms with Crippen LogP contribution >= 0.6 is 11.6 Å². The van der Waals surface area contributed by atoms with Crippen molar-refractivity contribution in [1.82, 2.24) is 19.8 Å². The van der Waals surface area contributed by atoms with E-state index in [0.29, 0.717) is 12.3 Å². The van der Waals surface area contributed by atoms with Gasteiger partial charge in [0, 0.05) is 60.9 Å². The second kappa shape index (κ2) is 12.7. The number of amides is 1. The Labute approximate surface area is 244 Å². The van der Waals surface area contributed by atoms with E-state index in [1.807, 2.05) is 42.5 Å². The quantitative estimate of drug-likeness (QED) is 0.180. The number of pyridine rings is 2. The molecule has 8 heteroatoms. The van der Waals surface area contributed by atoms with Gasteiger partial charge in [0.05, 0.1) is 29.4 Å². The Morgan fingerprint density at radius 1 is 0.854 bits per heavy atom. The molecular weight excluding hydrogens is 534 g/mol. The molecule has 41 heavy (non-hydrogen) atoms. The highest BCUT2D eigenvalue weighted by atomic mass is 35.5. The summed E-state index contributed by atoms with van der Waals surface area (Å²) in [6.45, 7) is 5.05. The molecule has 0 spiro atoms. The number of hydrogen-bond acceptors (Lipinski definition) is 6. The fourth-order valence-corrected chi connectivity index (χ4v) is 5.69. The Hall–Kier alpha value is -3.88. The minimum absolute atomic E-state index is 0.000550. The third kappa shape index (κ3) is 6.39. The standard InChI is InChI=1S/C33H32ClN5O2/c34-27-12-10-25(11-13-27)33(24-6-2-1-3-7-24)39-18-16-38(17-19-39)20-21-41-23-30(40)37-29-22-26-8-4-14-35-31(26)32-28(29)9-5-15-36-32/h1-15,22,33H,16-21,23H2,(H,37,40). The van der Waals surface area contributed by atoms with Crippen molar-refractivity contribution in [2.75, 3.05) is 51.3 Å². The summed E-state index contributed by atoms with van der Waals surface area (Å²) in [5, 5.41) is 5.55. The number of nitrogens with one attached hydrogen (secondary N) is 1. The zero-order chi connectivity index (χ0) is 28.0. The SMILES string of the molecule is O=C(COCCN1CCN(C(c2ccccc2)c2ccc(Cl)cc2)CC1)Nc1cc2cccnc2c2ncccc12. The summed E-state index contributed by atoms with van der Waals surface area (Å²) >= 11 is 6.17. The number of nitrogens with zero attached hydrogens (tertiary/aromatic N) is 4. The second-order valence-corrected chi connectivity index (χ2v) is 10.7. The average Bonchev–Trinajstić information content (AvgIpc) is 3.02. The molecule has 208 valence electrons. The van der Waals surface area contributed by atoms with Gasteiger partial charge in [-0.3, -0.25) is 24.6 Å². The molecule has 1 unspecified atom stereocenters. The normalized spacial score (nSPS) is 15.2. The topological polar surface area (TPSA) is 70.6 Å². The molecule has 1 N–H and O–H groups in total. The van der Waals surface area contributed by atoms with E-state index in [9.17, 15) is 4.79 Å². The maximum absolute atomic E-state index is 12.8. The smallest absolute Gasteiger partial charge is 0.250 e. The van der Waals surface area contributed by atoms with Crippen molar-refractivity contribution in [3.05, 3.63) is 113 Å². The van der Waals surface area contributed by atoms with Crippen molar-refractivity contribution in [3.8, 4) is 0 Å². The van der Waals surface area contributed by atoms with E-state index in [-0.39, 0.29) is 18.6 Å². The van der Waals surface area contributed by atoms with Gasteiger partial charge in [0.1, 0.15) is 6.61 Å². The Kier molecular flexibility index (Phi) is 8.49. The lowest BCUT2D eigenvalue weighted by Crippen LogP contribution is -2.48. The molecule has 1 saturated heterocycles. The van der Waals surface area contributed by atoms with Crippen molar-refractivity contribution in [3.63, 3.8) is 0 Å². The van der Waals surface area contributed by atoms with E-state index in [4.69, 9.17) is 16.3 Å². The van der Waals surface area contributed by atoms with Crippen LogP contribution in [-0.2, 0) is 9.53 Å². The van der Waals surface area contributed by atoms with Crippen LogP contribution in [-0.4, -0.2) is 71.6 Å². The van der Waals surface area contributed by atoms with Crippen LogP contribution < -0.4 is 5.32 Å². The second-order valence-electron chi connectivity index (χ2n) is 10.2. The van der Waals surface area contributed by atoms with E-state index < -0.39 is 0 Å². The first-order valence-electron chi connectivity index (χ1n) is 13.9. The zero-order valence-electron chi connectivity index (χ0n) is 22.7. The van der Waals surface area contributed by atoms with E-state index in [2.05, 4.69) is 67.5 Å². The van der Waals surface area contributed by atoms with Gasteiger partial charge in [0.2, 0.25) is 5.91 Å². The molecule has 1 aliphatic heterocycles. The van der Waals surface area contributed by atoms with Gasteiger partial charge in [-0.25, -0.2) is 0 Å². The minimum atomic E-state index is -0.183. The molecule has 1 amide bonds. The lowest BCUT2D eigenvalue weighted by atomic mass is 9.96. The molecule has 6 rings (SSSR count). The van der Waals surface area contributed by atoms with Crippen molar-refractivity contribution < 1.29 is 9.53 Å². The number of benzene rings is 3. The van der Waals surface area contributed by atoms with Gasteiger partial charge < -0.3 is 10.1 Å². The summed E-state index contributed by atoms with van der Waals surface area (Å²) in [5.41, 5.74) is 4.83. The number of rotatable bonds is 9. The number of carbonyl (C=O) groups is 1. The molecule has 5 aromatic rings. The molecule has 0 aliphatic carbocycles. The summed E-state index contributed by atoms with van der Waals surface area (Å²) in [6.07, 6.45) is 3.49. The highest BCUT2D eigenvalue weighted by Gasteiger charge is 2.26. The van der Waals surface area contributed by atoms with Gasteiger partial charge >= 0.3 is 0 Å². The number of ether oxygens (including phenoxy) is 1. The third-order valence-electron chi connectivity index (χ3n) is 7.59. The van der Waals surface area contributed by atoms with Gasteiger partial charge in [-0.15, -0.1) is 0 Å². The summed E-state index contributed by atoms with van der Waals surface area (Å²) in [4.78, 5) is 26.6. The van der Waals surface area contributed by atoms with Gasteiger partial charge in [0.15, 0.2) is 0 Å². The van der Waals surface area contributed by atoms with Gasteiger partial charge in [-0.05, 0) is 47.5 Å². The number of anilines is 1. The first-order chi connectivity index (χ1) is 20.2. The Morgan fingerprint density at radius 3 is 2.34 bits per heavy atom. The predicted octanol–water partition coefficient (Wildman–Crippen LogP) is 5.80. The highest BCUT2D eigenvalue weighted by Crippen LogP contribution is 2.31. The Morgan fingerprint density at radius 2 is 1.56 bits per heavy atom. The number of fused-ring (bicyclic) bond motifs is 3. The first kappa shape index (κ1) is 27.3. The summed E-state index contributed by atoms with van der Waals surface area (Å²) in [5.74, 6) is -0.183. The maximum Gasteiger partial charge on any atom is 0.250 e. The van der Waals surface area contributed by atoms with Crippen LogP contribution in [0.4, 0.5) is 5.69 Å². The van der Waals surface area contributed by atoms with E-state index in [0.717, 1.165) is 59.6 Å². The molecule has 7 nitrogen and oxygen atoms in total.